The molecule has 0 spiro atoms. The van der Waals surface area contributed by atoms with Crippen molar-refractivity contribution in [3.63, 3.8) is 0 Å². The summed E-state index contributed by atoms with van der Waals surface area (Å²) in [5, 5.41) is 0. The van der Waals surface area contributed by atoms with Crippen molar-refractivity contribution in [3.8, 4) is 0 Å². The van der Waals surface area contributed by atoms with Gasteiger partial charge < -0.3 is 14.2 Å². The van der Waals surface area contributed by atoms with E-state index in [0.29, 0.717) is 19.3 Å². The van der Waals surface area contributed by atoms with Gasteiger partial charge in [0, 0.05) is 19.3 Å². The van der Waals surface area contributed by atoms with E-state index < -0.39 is 6.10 Å². The monoisotopic (exact) mass is 891 g/mol. The predicted molar refractivity (Wildman–Crippen MR) is 270 cm³/mol. The van der Waals surface area contributed by atoms with Crippen LogP contribution < -0.4 is 0 Å². The number of unbranched alkanes of at least 4 members (excludes halogenated alkanes) is 39. The van der Waals surface area contributed by atoms with Crippen molar-refractivity contribution in [2.24, 2.45) is 5.92 Å². The van der Waals surface area contributed by atoms with Gasteiger partial charge in [-0.15, -0.1) is 0 Å². The number of rotatable bonds is 52. The molecule has 0 heterocycles. The van der Waals surface area contributed by atoms with Gasteiger partial charge in [0.05, 0.1) is 0 Å². The molecule has 1 atom stereocenters. The molecule has 0 aliphatic carbocycles. The summed E-state index contributed by atoms with van der Waals surface area (Å²) < 4.78 is 16.9. The van der Waals surface area contributed by atoms with E-state index in [1.54, 1.807) is 0 Å². The fourth-order valence-electron chi connectivity index (χ4n) is 8.75. The summed E-state index contributed by atoms with van der Waals surface area (Å²) in [6, 6.07) is 0. The molecule has 0 aromatic heterocycles. The van der Waals surface area contributed by atoms with E-state index in [1.807, 2.05) is 0 Å². The number of carbonyl (C=O) groups excluding carboxylic acids is 3. The quantitative estimate of drug-likeness (QED) is 0.0344. The minimum absolute atomic E-state index is 0.0625. The van der Waals surface area contributed by atoms with Gasteiger partial charge in [0.15, 0.2) is 6.10 Å². The summed E-state index contributed by atoms with van der Waals surface area (Å²) in [4.78, 5) is 38.1. The number of ether oxygens (including phenoxy) is 3. The maximum atomic E-state index is 12.8. The van der Waals surface area contributed by atoms with E-state index in [4.69, 9.17) is 14.2 Å². The number of esters is 3. The fraction of sp³-hybridized carbons (Fsp3) is 0.947. The summed E-state index contributed by atoms with van der Waals surface area (Å²) in [5.41, 5.74) is 0. The summed E-state index contributed by atoms with van der Waals surface area (Å²) in [6.07, 6.45) is 55.3. The lowest BCUT2D eigenvalue weighted by Gasteiger charge is -2.18. The Kier molecular flexibility index (Phi) is 50.1. The molecule has 0 bridgehead atoms. The lowest BCUT2D eigenvalue weighted by Crippen LogP contribution is -2.30. The molecule has 374 valence electrons. The highest BCUT2D eigenvalue weighted by atomic mass is 16.6. The van der Waals surface area contributed by atoms with E-state index >= 15 is 0 Å². The van der Waals surface area contributed by atoms with Gasteiger partial charge >= 0.3 is 17.9 Å². The van der Waals surface area contributed by atoms with Crippen molar-refractivity contribution in [3.05, 3.63) is 0 Å². The van der Waals surface area contributed by atoms with Crippen LogP contribution >= 0.6 is 0 Å². The molecule has 0 N–H and O–H groups in total. The highest BCUT2D eigenvalue weighted by molar-refractivity contribution is 5.71. The molecule has 6 heteroatoms. The zero-order valence-electron chi connectivity index (χ0n) is 43.0. The minimum Gasteiger partial charge on any atom is -0.462 e. The van der Waals surface area contributed by atoms with Gasteiger partial charge in [0.1, 0.15) is 13.2 Å². The highest BCUT2D eigenvalue weighted by Crippen LogP contribution is 2.18. The van der Waals surface area contributed by atoms with Gasteiger partial charge in [-0.2, -0.15) is 0 Å². The van der Waals surface area contributed by atoms with Crippen LogP contribution in [0.5, 0.6) is 0 Å². The summed E-state index contributed by atoms with van der Waals surface area (Å²) in [7, 11) is 0. The zero-order chi connectivity index (χ0) is 45.9. The molecule has 0 aromatic rings. The minimum atomic E-state index is -0.762. The van der Waals surface area contributed by atoms with Gasteiger partial charge in [-0.3, -0.25) is 14.4 Å². The fourth-order valence-corrected chi connectivity index (χ4v) is 8.75. The zero-order valence-corrected chi connectivity index (χ0v) is 43.0. The lowest BCUT2D eigenvalue weighted by molar-refractivity contribution is -0.167. The Morgan fingerprint density at radius 3 is 0.778 bits per heavy atom. The van der Waals surface area contributed by atoms with Crippen LogP contribution in [0.2, 0.25) is 0 Å². The van der Waals surface area contributed by atoms with E-state index in [-0.39, 0.29) is 31.1 Å². The van der Waals surface area contributed by atoms with Crippen LogP contribution in [0.1, 0.15) is 323 Å². The third kappa shape index (κ3) is 51.3. The molecule has 0 aromatic carbocycles. The second kappa shape index (κ2) is 51.4. The van der Waals surface area contributed by atoms with Crippen LogP contribution in [0.4, 0.5) is 0 Å². The Labute approximate surface area is 393 Å². The topological polar surface area (TPSA) is 78.9 Å². The first-order chi connectivity index (χ1) is 30.9. The predicted octanol–water partition coefficient (Wildman–Crippen LogP) is 18.6. The van der Waals surface area contributed by atoms with Crippen molar-refractivity contribution >= 4 is 17.9 Å². The molecule has 0 aliphatic heterocycles. The first-order valence-corrected chi connectivity index (χ1v) is 28.4. The Morgan fingerprint density at radius 2 is 0.524 bits per heavy atom. The molecule has 0 aliphatic rings. The second-order valence-electron chi connectivity index (χ2n) is 20.1. The lowest BCUT2D eigenvalue weighted by atomic mass is 10.0. The van der Waals surface area contributed by atoms with Gasteiger partial charge in [-0.25, -0.2) is 0 Å². The van der Waals surface area contributed by atoms with Crippen molar-refractivity contribution in [1.82, 2.24) is 0 Å². The van der Waals surface area contributed by atoms with Crippen LogP contribution in [-0.4, -0.2) is 37.2 Å². The van der Waals surface area contributed by atoms with E-state index in [1.165, 1.54) is 218 Å². The molecule has 0 saturated carbocycles. The molecule has 6 nitrogen and oxygen atoms in total. The average Bonchev–Trinajstić information content (AvgIpc) is 3.27. The molecule has 63 heavy (non-hydrogen) atoms. The summed E-state index contributed by atoms with van der Waals surface area (Å²) in [6.45, 7) is 9.03. The SMILES string of the molecule is CCCCCCCCCCCCCCCCCCCCCC(=O)OC[C@@H](COC(=O)CCCCCCCCCCCCCCCC)OC(=O)CCCCCCCCCCCC(C)C. The molecule has 0 amide bonds. The van der Waals surface area contributed by atoms with Crippen LogP contribution in [0.3, 0.4) is 0 Å². The first kappa shape index (κ1) is 61.4. The Balaban J connectivity index is 4.25. The Hall–Kier alpha value is -1.59. The van der Waals surface area contributed by atoms with Crippen LogP contribution in [0.15, 0.2) is 0 Å². The molecule has 0 fully saturated rings. The molecule has 0 radical (unpaired) electrons. The first-order valence-electron chi connectivity index (χ1n) is 28.4. The third-order valence-electron chi connectivity index (χ3n) is 13.0. The van der Waals surface area contributed by atoms with E-state index in [2.05, 4.69) is 27.7 Å². The van der Waals surface area contributed by atoms with E-state index in [0.717, 1.165) is 63.7 Å². The van der Waals surface area contributed by atoms with Gasteiger partial charge in [0.2, 0.25) is 0 Å². The maximum Gasteiger partial charge on any atom is 0.306 e. The number of carbonyl (C=O) groups is 3. The largest absolute Gasteiger partial charge is 0.462 e. The Bertz CT molecular complexity index is 949. The molecule has 0 unspecified atom stereocenters. The van der Waals surface area contributed by atoms with Crippen LogP contribution in [0.25, 0.3) is 0 Å². The van der Waals surface area contributed by atoms with Crippen molar-refractivity contribution in [1.29, 1.82) is 0 Å². The number of hydrogen-bond donors (Lipinski definition) is 0. The summed E-state index contributed by atoms with van der Waals surface area (Å²) in [5.74, 6) is -0.0335. The maximum absolute atomic E-state index is 12.8. The molecular weight excluding hydrogens is 781 g/mol. The third-order valence-corrected chi connectivity index (χ3v) is 13.0. The van der Waals surface area contributed by atoms with Crippen molar-refractivity contribution < 1.29 is 28.6 Å². The van der Waals surface area contributed by atoms with Gasteiger partial charge in [-0.1, -0.05) is 285 Å². The van der Waals surface area contributed by atoms with Gasteiger partial charge in [0.25, 0.3) is 0 Å². The molecule has 0 rings (SSSR count). The smallest absolute Gasteiger partial charge is 0.306 e. The van der Waals surface area contributed by atoms with Crippen LogP contribution in [0, 0.1) is 5.92 Å². The highest BCUT2D eigenvalue weighted by Gasteiger charge is 2.19. The van der Waals surface area contributed by atoms with Crippen LogP contribution in [-0.2, 0) is 28.6 Å². The second-order valence-corrected chi connectivity index (χ2v) is 20.1. The van der Waals surface area contributed by atoms with Crippen molar-refractivity contribution in [2.75, 3.05) is 13.2 Å². The molecular formula is C57H110O6. The standard InChI is InChI=1S/C57H110O6/c1-5-7-9-11-13-15-17-19-21-22-23-24-25-27-29-33-37-41-45-49-56(59)62-52-54(63-57(60)50-46-42-38-34-30-31-35-39-43-47-53(3)4)51-61-55(58)48-44-40-36-32-28-26-20-18-16-14-12-10-8-6-2/h53-54H,5-52H2,1-4H3/t54-/m1/s1. The van der Waals surface area contributed by atoms with Gasteiger partial charge in [-0.05, 0) is 25.2 Å². The number of hydrogen-bond acceptors (Lipinski definition) is 6. The van der Waals surface area contributed by atoms with Crippen molar-refractivity contribution in [2.45, 2.75) is 329 Å². The average molecular weight is 892 g/mol. The van der Waals surface area contributed by atoms with E-state index in [9.17, 15) is 14.4 Å². The Morgan fingerprint density at radius 1 is 0.302 bits per heavy atom. The molecule has 0 saturated heterocycles. The normalized spacial score (nSPS) is 12.0. The summed E-state index contributed by atoms with van der Waals surface area (Å²) >= 11 is 0.